The van der Waals surface area contributed by atoms with Gasteiger partial charge in [0, 0.05) is 18.6 Å². The number of para-hydroxylation sites is 1. The minimum absolute atomic E-state index is 0.248. The van der Waals surface area contributed by atoms with Crippen molar-refractivity contribution in [2.75, 3.05) is 30.0 Å². The molecule has 0 aliphatic carbocycles. The summed E-state index contributed by atoms with van der Waals surface area (Å²) < 4.78 is 0.819. The minimum atomic E-state index is -0.255. The SMILES string of the molecule is CN(C)c1nc(N)c(C(=O)Nc2ccccc2Br)s1. The Bertz CT molecular complexity index is 612. The van der Waals surface area contributed by atoms with Crippen LogP contribution in [0.1, 0.15) is 9.67 Å². The van der Waals surface area contributed by atoms with E-state index < -0.39 is 0 Å². The fourth-order valence-electron chi connectivity index (χ4n) is 1.42. The van der Waals surface area contributed by atoms with Crippen LogP contribution in [0.25, 0.3) is 0 Å². The number of nitrogens with two attached hydrogens (primary N) is 1. The maximum absolute atomic E-state index is 12.2. The molecule has 19 heavy (non-hydrogen) atoms. The maximum atomic E-state index is 12.2. The van der Waals surface area contributed by atoms with Crippen molar-refractivity contribution < 1.29 is 4.79 Å². The Morgan fingerprint density at radius 2 is 2.11 bits per heavy atom. The fourth-order valence-corrected chi connectivity index (χ4v) is 2.60. The van der Waals surface area contributed by atoms with Crippen LogP contribution in [0.4, 0.5) is 16.6 Å². The van der Waals surface area contributed by atoms with Gasteiger partial charge >= 0.3 is 0 Å². The zero-order valence-corrected chi connectivity index (χ0v) is 12.9. The first kappa shape index (κ1) is 13.8. The molecule has 0 atom stereocenters. The lowest BCUT2D eigenvalue weighted by molar-refractivity contribution is 0.103. The number of aromatic nitrogens is 1. The summed E-state index contributed by atoms with van der Waals surface area (Å²) >= 11 is 4.64. The van der Waals surface area contributed by atoms with Gasteiger partial charge < -0.3 is 16.0 Å². The molecule has 2 aromatic rings. The molecule has 0 spiro atoms. The van der Waals surface area contributed by atoms with E-state index in [0.717, 1.165) is 4.47 Å². The van der Waals surface area contributed by atoms with E-state index in [0.29, 0.717) is 15.7 Å². The summed E-state index contributed by atoms with van der Waals surface area (Å²) in [6.45, 7) is 0. The number of carbonyl (C=O) groups excluding carboxylic acids is 1. The highest BCUT2D eigenvalue weighted by Crippen LogP contribution is 2.28. The highest BCUT2D eigenvalue weighted by molar-refractivity contribution is 9.10. The average Bonchev–Trinajstić information content (AvgIpc) is 2.74. The molecule has 0 saturated carbocycles. The van der Waals surface area contributed by atoms with Crippen molar-refractivity contribution in [1.29, 1.82) is 0 Å². The molecule has 0 aliphatic heterocycles. The van der Waals surface area contributed by atoms with E-state index in [9.17, 15) is 4.79 Å². The highest BCUT2D eigenvalue weighted by Gasteiger charge is 2.17. The highest BCUT2D eigenvalue weighted by atomic mass is 79.9. The Morgan fingerprint density at radius 1 is 1.42 bits per heavy atom. The van der Waals surface area contributed by atoms with E-state index in [1.54, 1.807) is 0 Å². The molecule has 2 rings (SSSR count). The number of halogens is 1. The number of rotatable bonds is 3. The van der Waals surface area contributed by atoms with Gasteiger partial charge in [0.1, 0.15) is 10.7 Å². The molecule has 100 valence electrons. The molecule has 1 aromatic carbocycles. The van der Waals surface area contributed by atoms with Crippen LogP contribution in [-0.2, 0) is 0 Å². The van der Waals surface area contributed by atoms with E-state index in [2.05, 4.69) is 26.2 Å². The maximum Gasteiger partial charge on any atom is 0.269 e. The molecule has 0 bridgehead atoms. The molecule has 0 fully saturated rings. The van der Waals surface area contributed by atoms with E-state index in [4.69, 9.17) is 5.73 Å². The van der Waals surface area contributed by atoms with Crippen molar-refractivity contribution in [2.24, 2.45) is 0 Å². The molecule has 5 nitrogen and oxygen atoms in total. The number of amides is 1. The third-order valence-electron chi connectivity index (χ3n) is 2.35. The number of hydrogen-bond acceptors (Lipinski definition) is 5. The van der Waals surface area contributed by atoms with Crippen molar-refractivity contribution in [3.8, 4) is 0 Å². The van der Waals surface area contributed by atoms with Crippen molar-refractivity contribution in [1.82, 2.24) is 4.98 Å². The average molecular weight is 341 g/mol. The first-order valence-corrected chi connectivity index (χ1v) is 7.09. The van der Waals surface area contributed by atoms with Gasteiger partial charge in [0.25, 0.3) is 5.91 Å². The second-order valence-corrected chi connectivity index (χ2v) is 5.87. The summed E-state index contributed by atoms with van der Waals surface area (Å²) in [7, 11) is 3.71. The minimum Gasteiger partial charge on any atom is -0.382 e. The molecule has 3 N–H and O–H groups in total. The van der Waals surface area contributed by atoms with Gasteiger partial charge in [0.05, 0.1) is 5.69 Å². The molecule has 0 aliphatic rings. The summed E-state index contributed by atoms with van der Waals surface area (Å²) in [4.78, 5) is 18.5. The van der Waals surface area contributed by atoms with Crippen LogP contribution in [0.2, 0.25) is 0 Å². The van der Waals surface area contributed by atoms with Gasteiger partial charge in [-0.3, -0.25) is 4.79 Å². The van der Waals surface area contributed by atoms with Crippen LogP contribution in [-0.4, -0.2) is 25.0 Å². The van der Waals surface area contributed by atoms with Crippen LogP contribution >= 0.6 is 27.3 Å². The smallest absolute Gasteiger partial charge is 0.269 e. The van der Waals surface area contributed by atoms with Crippen LogP contribution in [0.15, 0.2) is 28.7 Å². The van der Waals surface area contributed by atoms with E-state index in [-0.39, 0.29) is 11.7 Å². The van der Waals surface area contributed by atoms with Gasteiger partial charge in [-0.05, 0) is 28.1 Å². The molecular weight excluding hydrogens is 328 g/mol. The van der Waals surface area contributed by atoms with Gasteiger partial charge in [-0.1, -0.05) is 23.5 Å². The Kier molecular flexibility index (Phi) is 4.06. The lowest BCUT2D eigenvalue weighted by Crippen LogP contribution is -2.12. The second-order valence-electron chi connectivity index (χ2n) is 4.04. The first-order valence-electron chi connectivity index (χ1n) is 5.48. The third kappa shape index (κ3) is 3.05. The number of nitrogens with one attached hydrogen (secondary N) is 1. The van der Waals surface area contributed by atoms with Crippen molar-refractivity contribution in [3.05, 3.63) is 33.6 Å². The normalized spacial score (nSPS) is 10.3. The fraction of sp³-hybridized carbons (Fsp3) is 0.167. The van der Waals surface area contributed by atoms with Crippen molar-refractivity contribution in [2.45, 2.75) is 0 Å². The zero-order valence-electron chi connectivity index (χ0n) is 10.5. The van der Waals surface area contributed by atoms with E-state index in [1.165, 1.54) is 11.3 Å². The van der Waals surface area contributed by atoms with Gasteiger partial charge in [-0.2, -0.15) is 0 Å². The number of carbonyl (C=O) groups is 1. The van der Waals surface area contributed by atoms with Gasteiger partial charge in [0.2, 0.25) is 0 Å². The van der Waals surface area contributed by atoms with Gasteiger partial charge in [0.15, 0.2) is 5.13 Å². The molecule has 0 unspecified atom stereocenters. The quantitative estimate of drug-likeness (QED) is 0.901. The molecule has 0 radical (unpaired) electrons. The van der Waals surface area contributed by atoms with Crippen molar-refractivity contribution >= 4 is 49.8 Å². The summed E-state index contributed by atoms with van der Waals surface area (Å²) in [5.74, 6) is -0.00625. The summed E-state index contributed by atoms with van der Waals surface area (Å²) in [6.07, 6.45) is 0. The van der Waals surface area contributed by atoms with Crippen LogP contribution in [0.3, 0.4) is 0 Å². The summed E-state index contributed by atoms with van der Waals surface area (Å²) in [6, 6.07) is 7.40. The largest absolute Gasteiger partial charge is 0.382 e. The first-order chi connectivity index (χ1) is 8.99. The molecule has 1 amide bonds. The number of benzene rings is 1. The van der Waals surface area contributed by atoms with Crippen LogP contribution in [0.5, 0.6) is 0 Å². The number of nitrogens with zero attached hydrogens (tertiary/aromatic N) is 2. The Labute approximate surface area is 123 Å². The molecular formula is C12H13BrN4OS. The monoisotopic (exact) mass is 340 g/mol. The second kappa shape index (κ2) is 5.58. The van der Waals surface area contributed by atoms with E-state index in [1.807, 2.05) is 43.3 Å². The standard InChI is InChI=1S/C12H13BrN4OS/c1-17(2)12-16-10(14)9(19-12)11(18)15-8-6-4-3-5-7(8)13/h3-6H,14H2,1-2H3,(H,15,18). The molecule has 7 heteroatoms. The lowest BCUT2D eigenvalue weighted by atomic mass is 10.3. The molecule has 1 aromatic heterocycles. The number of thiazole rings is 1. The Morgan fingerprint density at radius 3 is 2.68 bits per heavy atom. The number of nitrogen functional groups attached to an aromatic ring is 1. The van der Waals surface area contributed by atoms with Gasteiger partial charge in [-0.25, -0.2) is 4.98 Å². The Hall–Kier alpha value is -1.60. The number of anilines is 3. The third-order valence-corrected chi connectivity index (χ3v) is 4.28. The predicted octanol–water partition coefficient (Wildman–Crippen LogP) is 2.81. The zero-order chi connectivity index (χ0) is 14.0. The lowest BCUT2D eigenvalue weighted by Gasteiger charge is -2.06. The number of hydrogen-bond donors (Lipinski definition) is 2. The molecule has 0 saturated heterocycles. The summed E-state index contributed by atoms with van der Waals surface area (Å²) in [5, 5.41) is 3.51. The van der Waals surface area contributed by atoms with E-state index >= 15 is 0 Å². The molecule has 1 heterocycles. The van der Waals surface area contributed by atoms with Gasteiger partial charge in [-0.15, -0.1) is 0 Å². The summed E-state index contributed by atoms with van der Waals surface area (Å²) in [5.41, 5.74) is 6.47. The predicted molar refractivity (Wildman–Crippen MR) is 82.9 cm³/mol. The van der Waals surface area contributed by atoms with Crippen molar-refractivity contribution in [3.63, 3.8) is 0 Å². The topological polar surface area (TPSA) is 71.2 Å². The Balaban J connectivity index is 2.23. The van der Waals surface area contributed by atoms with Crippen LogP contribution < -0.4 is 16.0 Å². The van der Waals surface area contributed by atoms with Crippen LogP contribution in [0, 0.1) is 0 Å².